The van der Waals surface area contributed by atoms with Gasteiger partial charge in [-0.1, -0.05) is 23.7 Å². The second-order valence-corrected chi connectivity index (χ2v) is 9.20. The molecule has 0 spiro atoms. The lowest BCUT2D eigenvalue weighted by molar-refractivity contribution is -0.131. The molecule has 0 saturated carbocycles. The van der Waals surface area contributed by atoms with Crippen LogP contribution in [0, 0.1) is 13.8 Å². The minimum Gasteiger partial charge on any atom is -0.497 e. The third-order valence-electron chi connectivity index (χ3n) is 6.48. The van der Waals surface area contributed by atoms with Gasteiger partial charge in [-0.2, -0.15) is 5.10 Å². The highest BCUT2D eigenvalue weighted by atomic mass is 35.5. The van der Waals surface area contributed by atoms with Crippen LogP contribution < -0.4 is 4.74 Å². The Morgan fingerprint density at radius 1 is 0.943 bits per heavy atom. The van der Waals surface area contributed by atoms with Crippen LogP contribution in [0.1, 0.15) is 40.2 Å². The predicted molar refractivity (Wildman–Crippen MR) is 136 cm³/mol. The lowest BCUT2D eigenvalue weighted by Crippen LogP contribution is -2.37. The monoisotopic (exact) mass is 494 g/mol. The molecule has 2 aromatic carbocycles. The predicted octanol–water partition coefficient (Wildman–Crippen LogP) is 4.46. The SMILES string of the molecule is COc1ccc(CCC(=O)N2CCCN(C(=O)c3ccc(-n4nc(C)c(Cl)c4C)cc3)CC2)cc1. The van der Waals surface area contributed by atoms with Crippen molar-refractivity contribution in [3.63, 3.8) is 0 Å². The number of aromatic nitrogens is 2. The number of hydrogen-bond donors (Lipinski definition) is 0. The van der Waals surface area contributed by atoms with Crippen LogP contribution >= 0.6 is 11.6 Å². The molecule has 0 atom stereocenters. The van der Waals surface area contributed by atoms with E-state index in [4.69, 9.17) is 16.3 Å². The molecule has 0 unspecified atom stereocenters. The van der Waals surface area contributed by atoms with Crippen LogP contribution in [-0.2, 0) is 11.2 Å². The van der Waals surface area contributed by atoms with Crippen molar-refractivity contribution in [2.75, 3.05) is 33.3 Å². The lowest BCUT2D eigenvalue weighted by Gasteiger charge is -2.22. The third kappa shape index (κ3) is 5.68. The maximum atomic E-state index is 13.1. The molecule has 0 radical (unpaired) electrons. The molecule has 1 aromatic heterocycles. The van der Waals surface area contributed by atoms with Gasteiger partial charge in [-0.25, -0.2) is 4.68 Å². The molecule has 1 aliphatic heterocycles. The number of amides is 2. The third-order valence-corrected chi connectivity index (χ3v) is 7.03. The number of hydrogen-bond acceptors (Lipinski definition) is 4. The Morgan fingerprint density at radius 3 is 2.23 bits per heavy atom. The van der Waals surface area contributed by atoms with Crippen LogP contribution in [0.2, 0.25) is 5.02 Å². The van der Waals surface area contributed by atoms with Crippen molar-refractivity contribution in [2.45, 2.75) is 33.1 Å². The van der Waals surface area contributed by atoms with E-state index in [0.29, 0.717) is 49.6 Å². The summed E-state index contributed by atoms with van der Waals surface area (Å²) < 4.78 is 6.97. The first kappa shape index (κ1) is 24.8. The first-order valence-corrected chi connectivity index (χ1v) is 12.3. The number of nitrogens with zero attached hydrogens (tertiary/aromatic N) is 4. The van der Waals surface area contributed by atoms with Crippen LogP contribution in [0.15, 0.2) is 48.5 Å². The molecule has 2 amide bonds. The molecule has 1 fully saturated rings. The van der Waals surface area contributed by atoms with Gasteiger partial charge in [-0.05, 0) is 68.7 Å². The second-order valence-electron chi connectivity index (χ2n) is 8.82. The van der Waals surface area contributed by atoms with Gasteiger partial charge in [0.25, 0.3) is 5.91 Å². The summed E-state index contributed by atoms with van der Waals surface area (Å²) in [7, 11) is 1.64. The number of aryl methyl sites for hydroxylation is 2. The molecule has 1 saturated heterocycles. The first-order valence-electron chi connectivity index (χ1n) is 11.9. The zero-order valence-electron chi connectivity index (χ0n) is 20.5. The molecular weight excluding hydrogens is 464 g/mol. The van der Waals surface area contributed by atoms with Gasteiger partial charge in [0.2, 0.25) is 5.91 Å². The fourth-order valence-electron chi connectivity index (χ4n) is 4.37. The smallest absolute Gasteiger partial charge is 0.253 e. The largest absolute Gasteiger partial charge is 0.497 e. The van der Waals surface area contributed by atoms with Crippen molar-refractivity contribution < 1.29 is 14.3 Å². The molecular formula is C27H31ClN4O3. The van der Waals surface area contributed by atoms with E-state index in [1.54, 1.807) is 11.8 Å². The van der Waals surface area contributed by atoms with Gasteiger partial charge in [0, 0.05) is 38.2 Å². The second kappa shape index (κ2) is 11.0. The van der Waals surface area contributed by atoms with Gasteiger partial charge >= 0.3 is 0 Å². The fourth-order valence-corrected chi connectivity index (χ4v) is 4.49. The number of carbonyl (C=O) groups is 2. The normalized spacial score (nSPS) is 14.1. The summed E-state index contributed by atoms with van der Waals surface area (Å²) in [6.07, 6.45) is 1.91. The summed E-state index contributed by atoms with van der Waals surface area (Å²) >= 11 is 6.27. The van der Waals surface area contributed by atoms with Gasteiger partial charge in [0.15, 0.2) is 0 Å². The lowest BCUT2D eigenvalue weighted by atomic mass is 10.1. The topological polar surface area (TPSA) is 67.7 Å². The van der Waals surface area contributed by atoms with Crippen LogP contribution in [0.3, 0.4) is 0 Å². The zero-order chi connectivity index (χ0) is 24.9. The van der Waals surface area contributed by atoms with Gasteiger partial charge in [-0.3, -0.25) is 9.59 Å². The number of carbonyl (C=O) groups excluding carboxylic acids is 2. The minimum absolute atomic E-state index is 0.0181. The van der Waals surface area contributed by atoms with E-state index in [9.17, 15) is 9.59 Å². The Kier molecular flexibility index (Phi) is 7.76. The number of rotatable bonds is 6. The van der Waals surface area contributed by atoms with Crippen LogP contribution in [0.4, 0.5) is 0 Å². The van der Waals surface area contributed by atoms with E-state index in [1.165, 1.54) is 0 Å². The van der Waals surface area contributed by atoms with Crippen molar-refractivity contribution in [3.05, 3.63) is 76.1 Å². The summed E-state index contributed by atoms with van der Waals surface area (Å²) in [6, 6.07) is 15.2. The zero-order valence-corrected chi connectivity index (χ0v) is 21.2. The van der Waals surface area contributed by atoms with Crippen LogP contribution in [-0.4, -0.2) is 64.7 Å². The number of ether oxygens (including phenoxy) is 1. The maximum absolute atomic E-state index is 13.1. The van der Waals surface area contributed by atoms with Gasteiger partial charge in [-0.15, -0.1) is 0 Å². The van der Waals surface area contributed by atoms with E-state index < -0.39 is 0 Å². The van der Waals surface area contributed by atoms with E-state index in [-0.39, 0.29) is 11.8 Å². The molecule has 0 bridgehead atoms. The first-order chi connectivity index (χ1) is 16.9. The molecule has 35 heavy (non-hydrogen) atoms. The molecule has 8 heteroatoms. The van der Waals surface area contributed by atoms with E-state index in [1.807, 2.05) is 72.2 Å². The Morgan fingerprint density at radius 2 is 1.60 bits per heavy atom. The highest BCUT2D eigenvalue weighted by Gasteiger charge is 2.23. The highest BCUT2D eigenvalue weighted by Crippen LogP contribution is 2.23. The summed E-state index contributed by atoms with van der Waals surface area (Å²) in [6.45, 7) is 6.18. The van der Waals surface area contributed by atoms with Gasteiger partial charge < -0.3 is 14.5 Å². The minimum atomic E-state index is -0.0181. The molecule has 1 aliphatic rings. The van der Waals surface area contributed by atoms with Crippen molar-refractivity contribution in [2.24, 2.45) is 0 Å². The van der Waals surface area contributed by atoms with Crippen molar-refractivity contribution in [3.8, 4) is 11.4 Å². The molecule has 7 nitrogen and oxygen atoms in total. The number of benzene rings is 2. The summed E-state index contributed by atoms with van der Waals surface area (Å²) in [4.78, 5) is 29.7. The number of halogens is 1. The summed E-state index contributed by atoms with van der Waals surface area (Å²) in [5.41, 5.74) is 4.24. The standard InChI is InChI=1S/C27H31ClN4O3/c1-19-26(28)20(2)32(29-19)23-10-8-22(9-11-23)27(34)31-16-4-15-30(17-18-31)25(33)14-7-21-5-12-24(35-3)13-6-21/h5-6,8-13H,4,7,14-18H2,1-3H3. The highest BCUT2D eigenvalue weighted by molar-refractivity contribution is 6.31. The molecule has 184 valence electrons. The van der Waals surface area contributed by atoms with Gasteiger partial charge in [0.1, 0.15) is 5.75 Å². The van der Waals surface area contributed by atoms with E-state index >= 15 is 0 Å². The van der Waals surface area contributed by atoms with Crippen molar-refractivity contribution in [1.82, 2.24) is 19.6 Å². The van der Waals surface area contributed by atoms with E-state index in [2.05, 4.69) is 5.10 Å². The molecule has 4 rings (SSSR count). The summed E-state index contributed by atoms with van der Waals surface area (Å²) in [5, 5.41) is 5.12. The quantitative estimate of drug-likeness (QED) is 0.507. The van der Waals surface area contributed by atoms with Crippen molar-refractivity contribution in [1.29, 1.82) is 0 Å². The van der Waals surface area contributed by atoms with Crippen molar-refractivity contribution >= 4 is 23.4 Å². The number of methoxy groups -OCH3 is 1. The average molecular weight is 495 g/mol. The Hall–Kier alpha value is -3.32. The maximum Gasteiger partial charge on any atom is 0.253 e. The fraction of sp³-hybridized carbons (Fsp3) is 0.370. The Balaban J connectivity index is 1.33. The molecule has 0 N–H and O–H groups in total. The average Bonchev–Trinajstić information content (AvgIpc) is 3.05. The molecule has 0 aliphatic carbocycles. The van der Waals surface area contributed by atoms with Gasteiger partial charge in [0.05, 0.1) is 29.2 Å². The Labute approximate surface area is 211 Å². The van der Waals surface area contributed by atoms with E-state index in [0.717, 1.165) is 34.8 Å². The summed E-state index contributed by atoms with van der Waals surface area (Å²) in [5.74, 6) is 0.918. The molecule has 3 aromatic rings. The van der Waals surface area contributed by atoms with Crippen LogP contribution in [0.5, 0.6) is 5.75 Å². The Bertz CT molecular complexity index is 1190. The molecule has 2 heterocycles. The van der Waals surface area contributed by atoms with Crippen LogP contribution in [0.25, 0.3) is 5.69 Å².